The number of hydrogen-bond acceptors (Lipinski definition) is 6. The van der Waals surface area contributed by atoms with Gasteiger partial charge >= 0.3 is 0 Å². The molecular formula is C20H15N3O4S. The van der Waals surface area contributed by atoms with E-state index in [9.17, 15) is 4.79 Å². The molecule has 4 aromatic rings. The molecule has 0 atom stereocenters. The van der Waals surface area contributed by atoms with Crippen molar-refractivity contribution in [3.05, 3.63) is 66.6 Å². The molecule has 28 heavy (non-hydrogen) atoms. The van der Waals surface area contributed by atoms with Crippen LogP contribution < -0.4 is 15.4 Å². The summed E-state index contributed by atoms with van der Waals surface area (Å²) in [5, 5.41) is 5.62. The van der Waals surface area contributed by atoms with Gasteiger partial charge in [0.25, 0.3) is 5.91 Å². The number of methoxy groups -OCH3 is 1. The molecule has 7 nitrogen and oxygen atoms in total. The van der Waals surface area contributed by atoms with E-state index in [0.717, 1.165) is 11.1 Å². The van der Waals surface area contributed by atoms with Crippen molar-refractivity contribution in [3.8, 4) is 17.2 Å². The number of furan rings is 1. The topological polar surface area (TPSA) is 89.5 Å². The van der Waals surface area contributed by atoms with Crippen LogP contribution in [0.15, 0.2) is 69.7 Å². The van der Waals surface area contributed by atoms with Gasteiger partial charge in [-0.15, -0.1) is 0 Å². The van der Waals surface area contributed by atoms with Gasteiger partial charge in [-0.1, -0.05) is 12.1 Å². The number of rotatable bonds is 4. The molecule has 2 N–H and O–H groups in total. The van der Waals surface area contributed by atoms with Crippen LogP contribution in [0.4, 0.5) is 5.69 Å². The minimum atomic E-state index is -0.448. The fraction of sp³-hybridized carbons (Fsp3) is 0.0500. The molecule has 0 fully saturated rings. The van der Waals surface area contributed by atoms with E-state index in [0.29, 0.717) is 22.9 Å². The average molecular weight is 393 g/mol. The molecule has 0 aliphatic rings. The van der Waals surface area contributed by atoms with Gasteiger partial charge in [-0.2, -0.15) is 0 Å². The Hall–Kier alpha value is -3.65. The Bertz CT molecular complexity index is 1120. The smallest absolute Gasteiger partial charge is 0.293 e. The predicted molar refractivity (Wildman–Crippen MR) is 108 cm³/mol. The second kappa shape index (κ2) is 7.53. The zero-order chi connectivity index (χ0) is 19.5. The Morgan fingerprint density at radius 1 is 1.14 bits per heavy atom. The number of benzene rings is 2. The van der Waals surface area contributed by atoms with E-state index in [4.69, 9.17) is 25.8 Å². The van der Waals surface area contributed by atoms with Crippen molar-refractivity contribution in [2.24, 2.45) is 0 Å². The van der Waals surface area contributed by atoms with Crippen molar-refractivity contribution < 1.29 is 18.4 Å². The highest BCUT2D eigenvalue weighted by molar-refractivity contribution is 7.80. The zero-order valence-corrected chi connectivity index (χ0v) is 15.6. The SMILES string of the molecule is COc1ccc(-c2nc3ccccc3o2)cc1NC(=S)NC(=O)c1ccco1. The van der Waals surface area contributed by atoms with Crippen molar-refractivity contribution in [2.45, 2.75) is 0 Å². The largest absolute Gasteiger partial charge is 0.495 e. The maximum atomic E-state index is 12.1. The third-order valence-electron chi connectivity index (χ3n) is 3.96. The van der Waals surface area contributed by atoms with Crippen LogP contribution in [0.3, 0.4) is 0 Å². The van der Waals surface area contributed by atoms with E-state index in [2.05, 4.69) is 15.6 Å². The van der Waals surface area contributed by atoms with Crippen molar-refractivity contribution in [3.63, 3.8) is 0 Å². The standard InChI is InChI=1S/C20H15N3O4S/c1-25-15-9-8-12(19-21-13-5-2-3-6-16(13)27-19)11-14(15)22-20(28)23-18(24)17-7-4-10-26-17/h2-11H,1H3,(H2,22,23,24,28). The van der Waals surface area contributed by atoms with Gasteiger partial charge in [0.1, 0.15) is 11.3 Å². The maximum absolute atomic E-state index is 12.1. The van der Waals surface area contributed by atoms with Crippen LogP contribution in [0.5, 0.6) is 5.75 Å². The maximum Gasteiger partial charge on any atom is 0.293 e. The number of amides is 1. The van der Waals surface area contributed by atoms with E-state index >= 15 is 0 Å². The van der Waals surface area contributed by atoms with E-state index in [1.807, 2.05) is 30.3 Å². The van der Waals surface area contributed by atoms with Crippen LogP contribution in [-0.4, -0.2) is 23.1 Å². The third kappa shape index (κ3) is 3.58. The highest BCUT2D eigenvalue weighted by Crippen LogP contribution is 2.31. The van der Waals surface area contributed by atoms with Gasteiger partial charge in [0.2, 0.25) is 5.89 Å². The number of nitrogens with zero attached hydrogens (tertiary/aromatic N) is 1. The van der Waals surface area contributed by atoms with Crippen LogP contribution in [-0.2, 0) is 0 Å². The van der Waals surface area contributed by atoms with Crippen molar-refractivity contribution in [1.29, 1.82) is 0 Å². The first-order valence-electron chi connectivity index (χ1n) is 8.34. The van der Waals surface area contributed by atoms with Crippen LogP contribution >= 0.6 is 12.2 Å². The summed E-state index contributed by atoms with van der Waals surface area (Å²) in [6.07, 6.45) is 1.41. The Morgan fingerprint density at radius 2 is 2.00 bits per heavy atom. The number of fused-ring (bicyclic) bond motifs is 1. The van der Waals surface area contributed by atoms with Gasteiger partial charge in [-0.3, -0.25) is 10.1 Å². The predicted octanol–water partition coefficient (Wildman–Crippen LogP) is 4.22. The number of thiocarbonyl (C=S) groups is 1. The highest BCUT2D eigenvalue weighted by atomic mass is 32.1. The summed E-state index contributed by atoms with van der Waals surface area (Å²) in [6, 6.07) is 16.1. The summed E-state index contributed by atoms with van der Waals surface area (Å²) in [6.45, 7) is 0. The number of para-hydroxylation sites is 2. The van der Waals surface area contributed by atoms with E-state index in [1.54, 1.807) is 31.4 Å². The van der Waals surface area contributed by atoms with E-state index in [1.165, 1.54) is 6.26 Å². The molecular weight excluding hydrogens is 378 g/mol. The molecule has 0 radical (unpaired) electrons. The first-order valence-corrected chi connectivity index (χ1v) is 8.74. The lowest BCUT2D eigenvalue weighted by Gasteiger charge is -2.13. The number of carbonyl (C=O) groups is 1. The molecule has 140 valence electrons. The highest BCUT2D eigenvalue weighted by Gasteiger charge is 2.14. The number of aromatic nitrogens is 1. The first kappa shape index (κ1) is 17.7. The van der Waals surface area contributed by atoms with Gasteiger partial charge in [-0.05, 0) is 54.7 Å². The van der Waals surface area contributed by atoms with Crippen LogP contribution in [0, 0.1) is 0 Å². The fourth-order valence-electron chi connectivity index (χ4n) is 2.66. The van der Waals surface area contributed by atoms with Crippen LogP contribution in [0.1, 0.15) is 10.6 Å². The zero-order valence-electron chi connectivity index (χ0n) is 14.8. The number of nitrogens with one attached hydrogen (secondary N) is 2. The van der Waals surface area contributed by atoms with E-state index < -0.39 is 5.91 Å². The molecule has 0 saturated heterocycles. The Kier molecular flexibility index (Phi) is 4.77. The summed E-state index contributed by atoms with van der Waals surface area (Å²) < 4.78 is 16.2. The van der Waals surface area contributed by atoms with Crippen LogP contribution in [0.25, 0.3) is 22.6 Å². The molecule has 4 rings (SSSR count). The Morgan fingerprint density at radius 3 is 2.75 bits per heavy atom. The second-order valence-corrected chi connectivity index (χ2v) is 6.20. The Balaban J connectivity index is 1.58. The molecule has 0 bridgehead atoms. The van der Waals surface area contributed by atoms with Gasteiger partial charge in [0, 0.05) is 5.56 Å². The number of carbonyl (C=O) groups excluding carboxylic acids is 1. The minimum Gasteiger partial charge on any atom is -0.495 e. The van der Waals surface area contributed by atoms with Gasteiger partial charge in [0.05, 0.1) is 19.1 Å². The Labute approximate surface area is 165 Å². The summed E-state index contributed by atoms with van der Waals surface area (Å²) in [5.41, 5.74) is 2.76. The van der Waals surface area contributed by atoms with Crippen molar-refractivity contribution in [2.75, 3.05) is 12.4 Å². The molecule has 0 aliphatic heterocycles. The van der Waals surface area contributed by atoms with Gasteiger partial charge < -0.3 is 18.9 Å². The molecule has 0 spiro atoms. The molecule has 2 aromatic heterocycles. The summed E-state index contributed by atoms with van der Waals surface area (Å²) in [4.78, 5) is 16.6. The molecule has 0 unspecified atom stereocenters. The summed E-state index contributed by atoms with van der Waals surface area (Å²) >= 11 is 5.23. The lowest BCUT2D eigenvalue weighted by Crippen LogP contribution is -2.34. The molecule has 8 heteroatoms. The first-order chi connectivity index (χ1) is 13.6. The normalized spacial score (nSPS) is 10.6. The lowest BCUT2D eigenvalue weighted by atomic mass is 10.2. The minimum absolute atomic E-state index is 0.106. The average Bonchev–Trinajstić information content (AvgIpc) is 3.37. The summed E-state index contributed by atoms with van der Waals surface area (Å²) in [5.74, 6) is 0.736. The number of anilines is 1. The van der Waals surface area contributed by atoms with Crippen molar-refractivity contribution >= 4 is 40.0 Å². The third-order valence-corrected chi connectivity index (χ3v) is 4.16. The lowest BCUT2D eigenvalue weighted by molar-refractivity contribution is 0.0950. The number of hydrogen-bond donors (Lipinski definition) is 2. The van der Waals surface area contributed by atoms with Gasteiger partial charge in [-0.25, -0.2) is 4.98 Å². The molecule has 0 saturated carbocycles. The fourth-order valence-corrected chi connectivity index (χ4v) is 2.86. The molecule has 2 heterocycles. The summed E-state index contributed by atoms with van der Waals surface area (Å²) in [7, 11) is 1.55. The number of oxazole rings is 1. The molecule has 0 aliphatic carbocycles. The molecule has 2 aromatic carbocycles. The second-order valence-electron chi connectivity index (χ2n) is 5.79. The quantitative estimate of drug-likeness (QED) is 0.502. The van der Waals surface area contributed by atoms with Gasteiger partial charge in [0.15, 0.2) is 16.5 Å². The van der Waals surface area contributed by atoms with E-state index in [-0.39, 0.29) is 10.9 Å². The van der Waals surface area contributed by atoms with Crippen molar-refractivity contribution in [1.82, 2.24) is 10.3 Å². The van der Waals surface area contributed by atoms with Crippen LogP contribution in [0.2, 0.25) is 0 Å². The monoisotopic (exact) mass is 393 g/mol. The molecule has 1 amide bonds. The number of ether oxygens (including phenoxy) is 1.